The summed E-state index contributed by atoms with van der Waals surface area (Å²) in [6.07, 6.45) is 1.96. The fraction of sp³-hybridized carbons (Fsp3) is 0.714. The Hall–Kier alpha value is -1.30. The van der Waals surface area contributed by atoms with Crippen LogP contribution < -0.4 is 11.1 Å². The lowest BCUT2D eigenvalue weighted by Gasteiger charge is -2.08. The molecule has 1 saturated carbocycles. The number of nitrogens with zero attached hydrogens (tertiary/aromatic N) is 2. The first kappa shape index (κ1) is 8.31. The Labute approximate surface area is 75.6 Å². The molecule has 0 aromatic carbocycles. The molecule has 1 aliphatic rings. The van der Waals surface area contributed by atoms with Gasteiger partial charge in [-0.2, -0.15) is 4.98 Å². The van der Waals surface area contributed by atoms with Crippen molar-refractivity contribution >= 4 is 11.9 Å². The van der Waals surface area contributed by atoms with E-state index in [9.17, 15) is 5.11 Å². The predicted molar refractivity (Wildman–Crippen MR) is 48.0 cm³/mol. The van der Waals surface area contributed by atoms with Crippen molar-refractivity contribution in [3.8, 4) is 0 Å². The zero-order chi connectivity index (χ0) is 9.26. The molecular formula is C7H13N5O. The number of hydrogen-bond donors (Lipinski definition) is 4. The molecule has 0 radical (unpaired) electrons. The Bertz CT molecular complexity index is 282. The number of aliphatic hydroxyl groups excluding tert-OH is 1. The second-order valence-electron chi connectivity index (χ2n) is 3.33. The zero-order valence-corrected chi connectivity index (χ0v) is 7.20. The van der Waals surface area contributed by atoms with E-state index >= 15 is 0 Å². The number of hydrogen-bond acceptors (Lipinski definition) is 5. The van der Waals surface area contributed by atoms with Gasteiger partial charge in [-0.25, -0.2) is 5.10 Å². The molecule has 1 aromatic heterocycles. The van der Waals surface area contributed by atoms with Crippen LogP contribution in [-0.2, 0) is 0 Å². The monoisotopic (exact) mass is 183 g/mol. The summed E-state index contributed by atoms with van der Waals surface area (Å²) >= 11 is 0. The van der Waals surface area contributed by atoms with Crippen molar-refractivity contribution < 1.29 is 5.11 Å². The molecule has 1 fully saturated rings. The summed E-state index contributed by atoms with van der Waals surface area (Å²) in [5.74, 6) is 1.18. The lowest BCUT2D eigenvalue weighted by molar-refractivity contribution is 0.164. The van der Waals surface area contributed by atoms with Gasteiger partial charge in [0.2, 0.25) is 11.9 Å². The Morgan fingerprint density at radius 1 is 1.69 bits per heavy atom. The molecule has 0 bridgehead atoms. The number of aromatic amines is 1. The van der Waals surface area contributed by atoms with E-state index in [1.54, 1.807) is 0 Å². The highest BCUT2D eigenvalue weighted by Crippen LogP contribution is 2.32. The summed E-state index contributed by atoms with van der Waals surface area (Å²) in [6.45, 7) is 0.488. The summed E-state index contributed by atoms with van der Waals surface area (Å²) < 4.78 is 0. The maximum atomic E-state index is 9.50. The highest BCUT2D eigenvalue weighted by Gasteiger charge is 2.29. The number of aromatic nitrogens is 3. The van der Waals surface area contributed by atoms with Crippen LogP contribution in [0.5, 0.6) is 0 Å². The van der Waals surface area contributed by atoms with Crippen LogP contribution in [0.15, 0.2) is 0 Å². The molecule has 0 saturated heterocycles. The molecule has 0 spiro atoms. The standard InChI is InChI=1S/C7H13N5O/c8-6-10-7(12-11-6)9-3-5(13)4-1-2-4/h4-5,13H,1-3H2,(H4,8,9,10,11,12). The maximum Gasteiger partial charge on any atom is 0.243 e. The van der Waals surface area contributed by atoms with Gasteiger partial charge in [0.1, 0.15) is 0 Å². The fourth-order valence-corrected chi connectivity index (χ4v) is 1.20. The van der Waals surface area contributed by atoms with Gasteiger partial charge in [-0.1, -0.05) is 0 Å². The van der Waals surface area contributed by atoms with Gasteiger partial charge >= 0.3 is 0 Å². The predicted octanol–water partition coefficient (Wildman–Crippen LogP) is -0.430. The van der Waals surface area contributed by atoms with Gasteiger partial charge in [0.05, 0.1) is 6.10 Å². The third-order valence-corrected chi connectivity index (χ3v) is 2.14. The normalized spacial score (nSPS) is 18.5. The zero-order valence-electron chi connectivity index (χ0n) is 7.20. The van der Waals surface area contributed by atoms with Crippen molar-refractivity contribution in [1.29, 1.82) is 0 Å². The van der Waals surface area contributed by atoms with Gasteiger partial charge in [-0.15, -0.1) is 5.10 Å². The molecule has 1 aliphatic carbocycles. The number of anilines is 2. The Balaban J connectivity index is 1.78. The van der Waals surface area contributed by atoms with Crippen molar-refractivity contribution in [3.05, 3.63) is 0 Å². The van der Waals surface area contributed by atoms with E-state index in [1.165, 1.54) is 0 Å². The van der Waals surface area contributed by atoms with Crippen molar-refractivity contribution in [3.63, 3.8) is 0 Å². The molecule has 1 atom stereocenters. The van der Waals surface area contributed by atoms with Crippen LogP contribution in [0.25, 0.3) is 0 Å². The van der Waals surface area contributed by atoms with E-state index in [0.29, 0.717) is 18.4 Å². The van der Waals surface area contributed by atoms with Crippen molar-refractivity contribution in [2.45, 2.75) is 18.9 Å². The molecule has 0 aliphatic heterocycles. The maximum absolute atomic E-state index is 9.50. The summed E-state index contributed by atoms with van der Waals surface area (Å²) in [4.78, 5) is 3.85. The summed E-state index contributed by atoms with van der Waals surface area (Å²) in [5, 5.41) is 18.7. The van der Waals surface area contributed by atoms with Crippen molar-refractivity contribution in [2.24, 2.45) is 5.92 Å². The SMILES string of the molecule is Nc1nc(NCC(O)C2CC2)n[nH]1. The van der Waals surface area contributed by atoms with E-state index in [0.717, 1.165) is 12.8 Å². The highest BCUT2D eigenvalue weighted by atomic mass is 16.3. The summed E-state index contributed by atoms with van der Waals surface area (Å²) in [6, 6.07) is 0. The Kier molecular flexibility index (Phi) is 2.05. The molecule has 13 heavy (non-hydrogen) atoms. The number of rotatable bonds is 4. The van der Waals surface area contributed by atoms with E-state index in [2.05, 4.69) is 20.5 Å². The van der Waals surface area contributed by atoms with Crippen molar-refractivity contribution in [2.75, 3.05) is 17.6 Å². The fourth-order valence-electron chi connectivity index (χ4n) is 1.20. The minimum atomic E-state index is -0.292. The number of nitrogen functional groups attached to an aromatic ring is 1. The largest absolute Gasteiger partial charge is 0.391 e. The van der Waals surface area contributed by atoms with Crippen LogP contribution in [0, 0.1) is 5.92 Å². The van der Waals surface area contributed by atoms with E-state index in [4.69, 9.17) is 5.73 Å². The molecule has 1 aromatic rings. The van der Waals surface area contributed by atoms with Gasteiger partial charge in [-0.05, 0) is 18.8 Å². The molecule has 0 amide bonds. The first-order chi connectivity index (χ1) is 6.25. The van der Waals surface area contributed by atoms with Crippen molar-refractivity contribution in [1.82, 2.24) is 15.2 Å². The van der Waals surface area contributed by atoms with Gasteiger partial charge in [0.25, 0.3) is 0 Å². The van der Waals surface area contributed by atoms with E-state index < -0.39 is 0 Å². The lowest BCUT2D eigenvalue weighted by Crippen LogP contribution is -2.21. The van der Waals surface area contributed by atoms with Crippen LogP contribution in [-0.4, -0.2) is 32.9 Å². The highest BCUT2D eigenvalue weighted by molar-refractivity contribution is 5.29. The van der Waals surface area contributed by atoms with E-state index in [-0.39, 0.29) is 12.1 Å². The lowest BCUT2D eigenvalue weighted by atomic mass is 10.2. The number of H-pyrrole nitrogens is 1. The quantitative estimate of drug-likeness (QED) is 0.507. The van der Waals surface area contributed by atoms with Gasteiger partial charge < -0.3 is 16.2 Å². The summed E-state index contributed by atoms with van der Waals surface area (Å²) in [7, 11) is 0. The Morgan fingerprint density at radius 2 is 2.46 bits per heavy atom. The number of nitrogens with one attached hydrogen (secondary N) is 2. The minimum absolute atomic E-state index is 0.281. The van der Waals surface area contributed by atoms with Gasteiger partial charge in [-0.3, -0.25) is 0 Å². The van der Waals surface area contributed by atoms with Crippen LogP contribution in [0.2, 0.25) is 0 Å². The molecule has 72 valence electrons. The molecule has 6 heteroatoms. The van der Waals surface area contributed by atoms with Crippen LogP contribution in [0.3, 0.4) is 0 Å². The third-order valence-electron chi connectivity index (χ3n) is 2.14. The first-order valence-corrected chi connectivity index (χ1v) is 4.35. The molecule has 5 N–H and O–H groups in total. The van der Waals surface area contributed by atoms with E-state index in [1.807, 2.05) is 0 Å². The molecule has 2 rings (SSSR count). The number of aliphatic hydroxyl groups is 1. The smallest absolute Gasteiger partial charge is 0.243 e. The third kappa shape index (κ3) is 2.09. The second-order valence-corrected chi connectivity index (χ2v) is 3.33. The van der Waals surface area contributed by atoms with Gasteiger partial charge in [0.15, 0.2) is 0 Å². The number of nitrogens with two attached hydrogens (primary N) is 1. The van der Waals surface area contributed by atoms with Crippen LogP contribution in [0.1, 0.15) is 12.8 Å². The van der Waals surface area contributed by atoms with Crippen LogP contribution >= 0.6 is 0 Å². The first-order valence-electron chi connectivity index (χ1n) is 4.35. The summed E-state index contributed by atoms with van der Waals surface area (Å²) in [5.41, 5.74) is 5.33. The average molecular weight is 183 g/mol. The molecule has 1 heterocycles. The second kappa shape index (κ2) is 3.21. The minimum Gasteiger partial charge on any atom is -0.391 e. The molecule has 1 unspecified atom stereocenters. The van der Waals surface area contributed by atoms with Crippen LogP contribution in [0.4, 0.5) is 11.9 Å². The molecular weight excluding hydrogens is 170 g/mol. The van der Waals surface area contributed by atoms with Gasteiger partial charge in [0, 0.05) is 6.54 Å². The molecule has 6 nitrogen and oxygen atoms in total. The Morgan fingerprint density at radius 3 is 3.00 bits per heavy atom. The topological polar surface area (TPSA) is 99.8 Å². The average Bonchev–Trinajstić information content (AvgIpc) is 2.87.